The standard InChI is InChI=1S/C26H31N3O3/c1-26(2,3)32-25(31)29-15-9-14-23(29)24(30)28-16-20(18-10-5-4-6-11-18)21-17-27-22-13-8-7-12-19(21)22/h4-8,10-13,17,20,23,27H,9,14-16H2,1-3H3,(H,28,30). The number of likely N-dealkylation sites (tertiary alicyclic amines) is 1. The molecule has 1 aliphatic heterocycles. The first-order chi connectivity index (χ1) is 15.3. The zero-order chi connectivity index (χ0) is 22.7. The van der Waals surface area contributed by atoms with Gasteiger partial charge in [0, 0.05) is 36.1 Å². The lowest BCUT2D eigenvalue weighted by Gasteiger charge is -2.28. The van der Waals surface area contributed by atoms with E-state index in [0.717, 1.165) is 28.5 Å². The van der Waals surface area contributed by atoms with Gasteiger partial charge in [0.25, 0.3) is 0 Å². The first kappa shape index (κ1) is 21.9. The maximum atomic E-state index is 13.1. The summed E-state index contributed by atoms with van der Waals surface area (Å²) in [5.41, 5.74) is 2.76. The molecule has 32 heavy (non-hydrogen) atoms. The van der Waals surface area contributed by atoms with E-state index >= 15 is 0 Å². The van der Waals surface area contributed by atoms with Crippen molar-refractivity contribution >= 4 is 22.9 Å². The van der Waals surface area contributed by atoms with Gasteiger partial charge >= 0.3 is 6.09 Å². The van der Waals surface area contributed by atoms with Crippen LogP contribution in [0.15, 0.2) is 60.8 Å². The quantitative estimate of drug-likeness (QED) is 0.606. The zero-order valence-electron chi connectivity index (χ0n) is 18.9. The molecule has 2 aromatic carbocycles. The maximum absolute atomic E-state index is 13.1. The van der Waals surface area contributed by atoms with Crippen molar-refractivity contribution in [3.8, 4) is 0 Å². The fraction of sp³-hybridized carbons (Fsp3) is 0.385. The number of hydrogen-bond acceptors (Lipinski definition) is 3. The number of H-pyrrole nitrogens is 1. The summed E-state index contributed by atoms with van der Waals surface area (Å²) in [4.78, 5) is 30.6. The number of rotatable bonds is 5. The average Bonchev–Trinajstić information content (AvgIpc) is 3.41. The van der Waals surface area contributed by atoms with Crippen molar-refractivity contribution in [3.63, 3.8) is 0 Å². The Hall–Kier alpha value is -3.28. The lowest BCUT2D eigenvalue weighted by Crippen LogP contribution is -2.48. The molecule has 1 aromatic heterocycles. The van der Waals surface area contributed by atoms with Crippen LogP contribution < -0.4 is 5.32 Å². The van der Waals surface area contributed by atoms with Gasteiger partial charge in [0.05, 0.1) is 0 Å². The smallest absolute Gasteiger partial charge is 0.410 e. The molecule has 168 valence electrons. The van der Waals surface area contributed by atoms with Crippen molar-refractivity contribution in [2.45, 2.75) is 51.2 Å². The summed E-state index contributed by atoms with van der Waals surface area (Å²) in [7, 11) is 0. The highest BCUT2D eigenvalue weighted by Gasteiger charge is 2.36. The van der Waals surface area contributed by atoms with E-state index in [1.165, 1.54) is 0 Å². The number of carbonyl (C=O) groups is 2. The lowest BCUT2D eigenvalue weighted by molar-refractivity contribution is -0.125. The Morgan fingerprint density at radius 1 is 1.12 bits per heavy atom. The molecule has 1 aliphatic rings. The van der Waals surface area contributed by atoms with Gasteiger partial charge < -0.3 is 15.0 Å². The summed E-state index contributed by atoms with van der Waals surface area (Å²) in [6.07, 6.45) is 3.04. The van der Waals surface area contributed by atoms with Gasteiger partial charge in [-0.05, 0) is 50.8 Å². The Balaban J connectivity index is 1.52. The molecule has 3 aromatic rings. The van der Waals surface area contributed by atoms with Crippen LogP contribution in [0.1, 0.15) is 50.7 Å². The Bertz CT molecular complexity index is 1080. The fourth-order valence-electron chi connectivity index (χ4n) is 4.37. The Morgan fingerprint density at radius 3 is 2.59 bits per heavy atom. The van der Waals surface area contributed by atoms with Gasteiger partial charge in [-0.2, -0.15) is 0 Å². The molecule has 2 amide bonds. The third-order valence-corrected chi connectivity index (χ3v) is 5.86. The van der Waals surface area contributed by atoms with Gasteiger partial charge in [-0.3, -0.25) is 9.69 Å². The third-order valence-electron chi connectivity index (χ3n) is 5.86. The first-order valence-electron chi connectivity index (χ1n) is 11.2. The minimum absolute atomic E-state index is 0.00678. The largest absolute Gasteiger partial charge is 0.444 e. The second kappa shape index (κ2) is 9.07. The molecule has 2 heterocycles. The molecule has 0 aliphatic carbocycles. The first-order valence-corrected chi connectivity index (χ1v) is 11.2. The summed E-state index contributed by atoms with van der Waals surface area (Å²) in [5, 5.41) is 4.27. The van der Waals surface area contributed by atoms with Crippen molar-refractivity contribution in [1.29, 1.82) is 0 Å². The lowest BCUT2D eigenvalue weighted by atomic mass is 9.91. The molecule has 6 heteroatoms. The molecule has 1 saturated heterocycles. The molecule has 0 bridgehead atoms. The number of aromatic nitrogens is 1. The van der Waals surface area contributed by atoms with Crippen LogP contribution in [0.3, 0.4) is 0 Å². The van der Waals surface area contributed by atoms with Crippen molar-refractivity contribution in [1.82, 2.24) is 15.2 Å². The van der Waals surface area contributed by atoms with Gasteiger partial charge in [0.2, 0.25) is 5.91 Å². The Labute approximate surface area is 188 Å². The van der Waals surface area contributed by atoms with Crippen LogP contribution in [-0.4, -0.2) is 46.6 Å². The monoisotopic (exact) mass is 433 g/mol. The van der Waals surface area contributed by atoms with Crippen molar-refractivity contribution in [3.05, 3.63) is 71.9 Å². The van der Waals surface area contributed by atoms with Crippen molar-refractivity contribution in [2.75, 3.05) is 13.1 Å². The summed E-state index contributed by atoms with van der Waals surface area (Å²) in [6, 6.07) is 17.9. The molecule has 0 radical (unpaired) electrons. The molecule has 2 unspecified atom stereocenters. The third kappa shape index (κ3) is 4.79. The van der Waals surface area contributed by atoms with Crippen LogP contribution in [0, 0.1) is 0 Å². The van der Waals surface area contributed by atoms with E-state index in [2.05, 4.69) is 34.6 Å². The highest BCUT2D eigenvalue weighted by atomic mass is 16.6. The van der Waals surface area contributed by atoms with Crippen LogP contribution in [0.25, 0.3) is 10.9 Å². The zero-order valence-corrected chi connectivity index (χ0v) is 18.9. The number of carbonyl (C=O) groups excluding carboxylic acids is 2. The number of para-hydroxylation sites is 1. The summed E-state index contributed by atoms with van der Waals surface area (Å²) in [5.74, 6) is -0.137. The van der Waals surface area contributed by atoms with E-state index < -0.39 is 17.7 Å². The second-order valence-corrected chi connectivity index (χ2v) is 9.33. The van der Waals surface area contributed by atoms with Crippen LogP contribution in [-0.2, 0) is 9.53 Å². The summed E-state index contributed by atoms with van der Waals surface area (Å²) >= 11 is 0. The predicted molar refractivity (Wildman–Crippen MR) is 126 cm³/mol. The molecule has 4 rings (SSSR count). The number of hydrogen-bond donors (Lipinski definition) is 2. The average molecular weight is 434 g/mol. The van der Waals surface area contributed by atoms with Gasteiger partial charge in [-0.25, -0.2) is 4.79 Å². The van der Waals surface area contributed by atoms with Gasteiger partial charge in [0.1, 0.15) is 11.6 Å². The van der Waals surface area contributed by atoms with E-state index in [0.29, 0.717) is 19.5 Å². The molecule has 6 nitrogen and oxygen atoms in total. The number of amides is 2. The highest BCUT2D eigenvalue weighted by Crippen LogP contribution is 2.30. The molecule has 0 saturated carbocycles. The van der Waals surface area contributed by atoms with E-state index in [1.54, 1.807) is 4.90 Å². The maximum Gasteiger partial charge on any atom is 0.410 e. The van der Waals surface area contributed by atoms with Crippen molar-refractivity contribution < 1.29 is 14.3 Å². The van der Waals surface area contributed by atoms with E-state index in [1.807, 2.05) is 57.3 Å². The number of nitrogens with zero attached hydrogens (tertiary/aromatic N) is 1. The predicted octanol–water partition coefficient (Wildman–Crippen LogP) is 4.82. The highest BCUT2D eigenvalue weighted by molar-refractivity contribution is 5.87. The Kier molecular flexibility index (Phi) is 6.21. The number of benzene rings is 2. The number of aromatic amines is 1. The molecular formula is C26H31N3O3. The van der Waals surface area contributed by atoms with Crippen LogP contribution in [0.4, 0.5) is 4.79 Å². The van der Waals surface area contributed by atoms with Crippen LogP contribution in [0.2, 0.25) is 0 Å². The molecule has 2 atom stereocenters. The van der Waals surface area contributed by atoms with Crippen LogP contribution in [0.5, 0.6) is 0 Å². The number of fused-ring (bicyclic) bond motifs is 1. The molecule has 2 N–H and O–H groups in total. The molecule has 0 spiro atoms. The molecular weight excluding hydrogens is 402 g/mol. The van der Waals surface area contributed by atoms with E-state index in [-0.39, 0.29) is 11.8 Å². The minimum Gasteiger partial charge on any atom is -0.444 e. The second-order valence-electron chi connectivity index (χ2n) is 9.33. The number of nitrogens with one attached hydrogen (secondary N) is 2. The fourth-order valence-corrected chi connectivity index (χ4v) is 4.37. The molecule has 1 fully saturated rings. The topological polar surface area (TPSA) is 74.4 Å². The number of ether oxygens (including phenoxy) is 1. The minimum atomic E-state index is -0.589. The van der Waals surface area contributed by atoms with Gasteiger partial charge in [-0.15, -0.1) is 0 Å². The van der Waals surface area contributed by atoms with E-state index in [9.17, 15) is 9.59 Å². The van der Waals surface area contributed by atoms with Crippen LogP contribution >= 0.6 is 0 Å². The van der Waals surface area contributed by atoms with Gasteiger partial charge in [-0.1, -0.05) is 48.5 Å². The summed E-state index contributed by atoms with van der Waals surface area (Å²) < 4.78 is 5.51. The summed E-state index contributed by atoms with van der Waals surface area (Å²) in [6.45, 7) is 6.49. The van der Waals surface area contributed by atoms with Crippen molar-refractivity contribution in [2.24, 2.45) is 0 Å². The Morgan fingerprint density at radius 2 is 1.84 bits per heavy atom. The normalized spacial score (nSPS) is 17.3. The van der Waals surface area contributed by atoms with Gasteiger partial charge in [0.15, 0.2) is 0 Å². The SMILES string of the molecule is CC(C)(C)OC(=O)N1CCCC1C(=O)NCC(c1ccccc1)c1c[nH]c2ccccc12. The van der Waals surface area contributed by atoms with E-state index in [4.69, 9.17) is 4.74 Å².